The van der Waals surface area contributed by atoms with E-state index >= 15 is 0 Å². The highest BCUT2D eigenvalue weighted by atomic mass is 35.5. The Morgan fingerprint density at radius 1 is 0.833 bits per heavy atom. The van der Waals surface area contributed by atoms with Crippen molar-refractivity contribution in [2.45, 2.75) is 6.54 Å². The first kappa shape index (κ1) is 16.6. The maximum absolute atomic E-state index is 12.5. The molecule has 2 nitrogen and oxygen atoms in total. The molecule has 0 bridgehead atoms. The van der Waals surface area contributed by atoms with Crippen molar-refractivity contribution in [3.05, 3.63) is 99.5 Å². The first-order chi connectivity index (χ1) is 11.6. The Labute approximate surface area is 151 Å². The number of halogens is 2. The lowest BCUT2D eigenvalue weighted by molar-refractivity contribution is 0.103. The number of hydrogen-bond acceptors (Lipinski definition) is 2. The van der Waals surface area contributed by atoms with E-state index < -0.39 is 0 Å². The molecule has 0 radical (unpaired) electrons. The lowest BCUT2D eigenvalue weighted by atomic mass is 10.0. The van der Waals surface area contributed by atoms with E-state index in [-0.39, 0.29) is 5.78 Å². The van der Waals surface area contributed by atoms with Gasteiger partial charge in [-0.3, -0.25) is 4.79 Å². The fourth-order valence-electron chi connectivity index (χ4n) is 2.39. The zero-order valence-electron chi connectivity index (χ0n) is 12.8. The van der Waals surface area contributed by atoms with Crippen LogP contribution in [0.1, 0.15) is 21.5 Å². The molecule has 0 unspecified atom stereocenters. The number of carbonyl (C=O) groups excluding carboxylic acids is 1. The summed E-state index contributed by atoms with van der Waals surface area (Å²) in [6, 6.07) is 22.1. The van der Waals surface area contributed by atoms with E-state index in [1.165, 1.54) is 0 Å². The summed E-state index contributed by atoms with van der Waals surface area (Å²) in [4.78, 5) is 12.5. The molecule has 3 aromatic rings. The number of carbonyl (C=O) groups is 1. The van der Waals surface area contributed by atoms with Gasteiger partial charge in [-0.1, -0.05) is 71.7 Å². The quantitative estimate of drug-likeness (QED) is 0.582. The first-order valence-electron chi connectivity index (χ1n) is 7.51. The first-order valence-corrected chi connectivity index (χ1v) is 8.27. The third-order valence-electron chi connectivity index (χ3n) is 3.66. The van der Waals surface area contributed by atoms with Crippen molar-refractivity contribution in [3.63, 3.8) is 0 Å². The second-order valence-electron chi connectivity index (χ2n) is 5.37. The van der Waals surface area contributed by atoms with Crippen molar-refractivity contribution in [3.8, 4) is 0 Å². The predicted molar refractivity (Wildman–Crippen MR) is 100 cm³/mol. The van der Waals surface area contributed by atoms with E-state index in [4.69, 9.17) is 23.2 Å². The van der Waals surface area contributed by atoms with Crippen LogP contribution in [-0.4, -0.2) is 5.78 Å². The van der Waals surface area contributed by atoms with Crippen LogP contribution in [0.5, 0.6) is 0 Å². The summed E-state index contributed by atoms with van der Waals surface area (Å²) in [5, 5.41) is 4.52. The van der Waals surface area contributed by atoms with Crippen LogP contribution in [0.4, 0.5) is 5.69 Å². The Kier molecular flexibility index (Phi) is 5.19. The average Bonchev–Trinajstić information content (AvgIpc) is 2.61. The Morgan fingerprint density at radius 2 is 1.58 bits per heavy atom. The Bertz CT molecular complexity index is 863. The van der Waals surface area contributed by atoms with Crippen molar-refractivity contribution in [2.24, 2.45) is 0 Å². The van der Waals surface area contributed by atoms with Crippen LogP contribution in [0, 0.1) is 0 Å². The predicted octanol–water partition coefficient (Wildman–Crippen LogP) is 5.84. The lowest BCUT2D eigenvalue weighted by Gasteiger charge is -2.10. The monoisotopic (exact) mass is 355 g/mol. The molecule has 0 aliphatic heterocycles. The minimum atomic E-state index is 0.00350. The van der Waals surface area contributed by atoms with Gasteiger partial charge in [-0.2, -0.15) is 0 Å². The van der Waals surface area contributed by atoms with E-state index in [1.807, 2.05) is 60.7 Å². The maximum Gasteiger partial charge on any atom is 0.193 e. The second kappa shape index (κ2) is 7.52. The highest BCUT2D eigenvalue weighted by Crippen LogP contribution is 2.22. The molecule has 0 heterocycles. The zero-order valence-corrected chi connectivity index (χ0v) is 14.3. The number of anilines is 1. The summed E-state index contributed by atoms with van der Waals surface area (Å²) in [6.07, 6.45) is 0. The molecule has 1 N–H and O–H groups in total. The molecule has 24 heavy (non-hydrogen) atoms. The van der Waals surface area contributed by atoms with Gasteiger partial charge >= 0.3 is 0 Å². The molecule has 0 amide bonds. The highest BCUT2D eigenvalue weighted by Gasteiger charge is 2.09. The van der Waals surface area contributed by atoms with Gasteiger partial charge in [0, 0.05) is 33.4 Å². The van der Waals surface area contributed by atoms with Crippen LogP contribution in [0.25, 0.3) is 0 Å². The number of hydrogen-bond donors (Lipinski definition) is 1. The molecule has 4 heteroatoms. The summed E-state index contributed by atoms with van der Waals surface area (Å²) >= 11 is 12.1. The normalized spacial score (nSPS) is 10.4. The van der Waals surface area contributed by atoms with Crippen molar-refractivity contribution in [1.82, 2.24) is 0 Å². The third-order valence-corrected chi connectivity index (χ3v) is 4.25. The van der Waals surface area contributed by atoms with Crippen LogP contribution < -0.4 is 5.32 Å². The molecule has 120 valence electrons. The lowest BCUT2D eigenvalue weighted by Crippen LogP contribution is -2.04. The molecule has 3 aromatic carbocycles. The van der Waals surface area contributed by atoms with E-state index in [1.54, 1.807) is 12.1 Å². The minimum absolute atomic E-state index is 0.00350. The van der Waals surface area contributed by atoms with Gasteiger partial charge in [-0.05, 0) is 29.8 Å². The van der Waals surface area contributed by atoms with Crippen LogP contribution in [0.2, 0.25) is 10.0 Å². The third kappa shape index (κ3) is 3.97. The molecule has 3 rings (SSSR count). The van der Waals surface area contributed by atoms with Crippen molar-refractivity contribution >= 4 is 34.7 Å². The summed E-state index contributed by atoms with van der Waals surface area (Å²) < 4.78 is 0. The van der Waals surface area contributed by atoms with Gasteiger partial charge in [0.15, 0.2) is 5.78 Å². The highest BCUT2D eigenvalue weighted by molar-refractivity contribution is 6.35. The Balaban J connectivity index is 1.75. The van der Waals surface area contributed by atoms with Gasteiger partial charge in [0.2, 0.25) is 0 Å². The number of ketones is 1. The van der Waals surface area contributed by atoms with Crippen LogP contribution in [0.3, 0.4) is 0 Å². The Hall–Kier alpha value is -2.29. The van der Waals surface area contributed by atoms with Crippen LogP contribution >= 0.6 is 23.2 Å². The van der Waals surface area contributed by atoms with E-state index in [0.29, 0.717) is 27.7 Å². The van der Waals surface area contributed by atoms with Gasteiger partial charge in [0.1, 0.15) is 0 Å². The van der Waals surface area contributed by atoms with Gasteiger partial charge < -0.3 is 5.32 Å². The van der Waals surface area contributed by atoms with Crippen molar-refractivity contribution in [2.75, 3.05) is 5.32 Å². The number of benzene rings is 3. The molecular formula is C20H15Cl2NO. The molecule has 0 fully saturated rings. The van der Waals surface area contributed by atoms with E-state index in [0.717, 1.165) is 11.3 Å². The van der Waals surface area contributed by atoms with Gasteiger partial charge in [-0.15, -0.1) is 0 Å². The standard InChI is InChI=1S/C20H15Cl2NO/c21-17-10-9-16(19(22)12-17)13-23-18-8-4-7-15(11-18)20(24)14-5-2-1-3-6-14/h1-12,23H,13H2. The molecule has 0 aromatic heterocycles. The molecule has 0 spiro atoms. The summed E-state index contributed by atoms with van der Waals surface area (Å²) in [5.41, 5.74) is 3.13. The summed E-state index contributed by atoms with van der Waals surface area (Å²) in [5.74, 6) is 0.00350. The van der Waals surface area contributed by atoms with Gasteiger partial charge in [0.05, 0.1) is 0 Å². The fraction of sp³-hybridized carbons (Fsp3) is 0.0500. The smallest absolute Gasteiger partial charge is 0.193 e. The molecule has 0 atom stereocenters. The zero-order chi connectivity index (χ0) is 16.9. The molecule has 0 saturated carbocycles. The summed E-state index contributed by atoms with van der Waals surface area (Å²) in [7, 11) is 0. The molecular weight excluding hydrogens is 341 g/mol. The fourth-order valence-corrected chi connectivity index (χ4v) is 2.86. The van der Waals surface area contributed by atoms with E-state index in [2.05, 4.69) is 5.32 Å². The molecule has 0 aliphatic rings. The Morgan fingerprint density at radius 3 is 2.33 bits per heavy atom. The maximum atomic E-state index is 12.5. The topological polar surface area (TPSA) is 29.1 Å². The van der Waals surface area contributed by atoms with Crippen LogP contribution in [-0.2, 0) is 6.54 Å². The average molecular weight is 356 g/mol. The number of nitrogens with one attached hydrogen (secondary N) is 1. The SMILES string of the molecule is O=C(c1ccccc1)c1cccc(NCc2ccc(Cl)cc2Cl)c1. The minimum Gasteiger partial charge on any atom is -0.381 e. The second-order valence-corrected chi connectivity index (χ2v) is 6.21. The molecule has 0 aliphatic carbocycles. The summed E-state index contributed by atoms with van der Waals surface area (Å²) in [6.45, 7) is 0.555. The van der Waals surface area contributed by atoms with Crippen molar-refractivity contribution in [1.29, 1.82) is 0 Å². The van der Waals surface area contributed by atoms with E-state index in [9.17, 15) is 4.79 Å². The number of rotatable bonds is 5. The van der Waals surface area contributed by atoms with Gasteiger partial charge in [-0.25, -0.2) is 0 Å². The van der Waals surface area contributed by atoms with Crippen LogP contribution in [0.15, 0.2) is 72.8 Å². The van der Waals surface area contributed by atoms with Crippen molar-refractivity contribution < 1.29 is 4.79 Å². The van der Waals surface area contributed by atoms with Gasteiger partial charge in [0.25, 0.3) is 0 Å². The molecule has 0 saturated heterocycles. The largest absolute Gasteiger partial charge is 0.381 e.